The first-order valence-corrected chi connectivity index (χ1v) is 4.65. The standard InChI is InChI=1S/C8H8INO3/c1-13-8(12)5-10-6(9)3-2-4-7(10)11/h2-4H,5H2,1H3. The molecule has 4 nitrogen and oxygen atoms in total. The number of pyridine rings is 1. The molecule has 0 amide bonds. The molecule has 0 saturated carbocycles. The first-order valence-electron chi connectivity index (χ1n) is 3.57. The summed E-state index contributed by atoms with van der Waals surface area (Å²) in [6, 6.07) is 4.81. The van der Waals surface area contributed by atoms with Gasteiger partial charge in [-0.15, -0.1) is 0 Å². The Balaban J connectivity index is 3.00. The van der Waals surface area contributed by atoms with Crippen LogP contribution in [-0.2, 0) is 16.1 Å². The van der Waals surface area contributed by atoms with E-state index in [1.165, 1.54) is 17.7 Å². The van der Waals surface area contributed by atoms with E-state index in [2.05, 4.69) is 4.74 Å². The van der Waals surface area contributed by atoms with Gasteiger partial charge in [0.2, 0.25) is 0 Å². The van der Waals surface area contributed by atoms with E-state index >= 15 is 0 Å². The molecule has 0 unspecified atom stereocenters. The number of hydrogen-bond acceptors (Lipinski definition) is 3. The number of ether oxygens (including phenoxy) is 1. The Labute approximate surface area is 88.7 Å². The molecule has 0 aliphatic rings. The number of hydrogen-bond donors (Lipinski definition) is 0. The number of carbonyl (C=O) groups is 1. The summed E-state index contributed by atoms with van der Waals surface area (Å²) in [7, 11) is 1.29. The van der Waals surface area contributed by atoms with Gasteiger partial charge in [-0.25, -0.2) is 0 Å². The average Bonchev–Trinajstić information content (AvgIpc) is 2.11. The lowest BCUT2D eigenvalue weighted by Gasteiger charge is -2.05. The SMILES string of the molecule is COC(=O)Cn1c(I)cccc1=O. The first-order chi connectivity index (χ1) is 6.15. The molecular weight excluding hydrogens is 285 g/mol. The Bertz CT molecular complexity index is 372. The first kappa shape index (κ1) is 10.2. The van der Waals surface area contributed by atoms with E-state index in [1.807, 2.05) is 22.6 Å². The largest absolute Gasteiger partial charge is 0.468 e. The van der Waals surface area contributed by atoms with E-state index in [-0.39, 0.29) is 12.1 Å². The van der Waals surface area contributed by atoms with Crippen molar-refractivity contribution in [2.45, 2.75) is 6.54 Å². The molecule has 0 N–H and O–H groups in total. The van der Waals surface area contributed by atoms with Gasteiger partial charge in [0.1, 0.15) is 6.54 Å². The zero-order valence-corrected chi connectivity index (χ0v) is 9.15. The van der Waals surface area contributed by atoms with Gasteiger partial charge in [-0.1, -0.05) is 6.07 Å². The second-order valence-electron chi connectivity index (χ2n) is 2.35. The number of rotatable bonds is 2. The van der Waals surface area contributed by atoms with Crippen molar-refractivity contribution in [3.05, 3.63) is 32.3 Å². The summed E-state index contributed by atoms with van der Waals surface area (Å²) in [6.45, 7) is -0.0333. The zero-order valence-electron chi connectivity index (χ0n) is 6.99. The number of esters is 1. The minimum absolute atomic E-state index is 0.0333. The summed E-state index contributed by atoms with van der Waals surface area (Å²) < 4.78 is 6.53. The molecule has 0 fully saturated rings. The second-order valence-corrected chi connectivity index (χ2v) is 3.45. The van der Waals surface area contributed by atoms with Crippen molar-refractivity contribution in [1.29, 1.82) is 0 Å². The highest BCUT2D eigenvalue weighted by Gasteiger charge is 2.05. The highest BCUT2D eigenvalue weighted by atomic mass is 127. The minimum atomic E-state index is -0.425. The summed E-state index contributed by atoms with van der Waals surface area (Å²) in [5.41, 5.74) is -0.197. The lowest BCUT2D eigenvalue weighted by Crippen LogP contribution is -2.25. The van der Waals surface area contributed by atoms with Gasteiger partial charge in [0.05, 0.1) is 10.8 Å². The van der Waals surface area contributed by atoms with E-state index in [4.69, 9.17) is 0 Å². The molecule has 0 aliphatic heterocycles. The smallest absolute Gasteiger partial charge is 0.325 e. The van der Waals surface area contributed by atoms with Gasteiger partial charge in [0, 0.05) is 6.07 Å². The molecule has 1 rings (SSSR count). The lowest BCUT2D eigenvalue weighted by molar-refractivity contribution is -0.141. The number of methoxy groups -OCH3 is 1. The van der Waals surface area contributed by atoms with Gasteiger partial charge < -0.3 is 4.74 Å². The van der Waals surface area contributed by atoms with Crippen molar-refractivity contribution in [3.63, 3.8) is 0 Å². The van der Waals surface area contributed by atoms with Crippen LogP contribution in [0.1, 0.15) is 0 Å². The van der Waals surface area contributed by atoms with E-state index in [9.17, 15) is 9.59 Å². The van der Waals surface area contributed by atoms with Crippen LogP contribution in [0, 0.1) is 3.70 Å². The van der Waals surface area contributed by atoms with Crippen LogP contribution in [-0.4, -0.2) is 17.6 Å². The molecule has 0 aromatic carbocycles. The maximum atomic E-state index is 11.2. The maximum Gasteiger partial charge on any atom is 0.325 e. The Kier molecular flexibility index (Phi) is 3.47. The fourth-order valence-electron chi connectivity index (χ4n) is 0.842. The molecule has 0 saturated heterocycles. The summed E-state index contributed by atoms with van der Waals surface area (Å²) in [6.07, 6.45) is 0. The monoisotopic (exact) mass is 293 g/mol. The summed E-state index contributed by atoms with van der Waals surface area (Å²) in [5, 5.41) is 0. The van der Waals surface area contributed by atoms with Gasteiger partial charge in [-0.05, 0) is 28.7 Å². The molecule has 1 heterocycles. The zero-order chi connectivity index (χ0) is 9.84. The molecular formula is C8H8INO3. The van der Waals surface area contributed by atoms with Crippen molar-refractivity contribution >= 4 is 28.6 Å². The van der Waals surface area contributed by atoms with Gasteiger partial charge in [0.25, 0.3) is 5.56 Å². The second kappa shape index (κ2) is 4.40. The van der Waals surface area contributed by atoms with Crippen molar-refractivity contribution in [3.8, 4) is 0 Å². The predicted octanol–water partition coefficient (Wildman–Crippen LogP) is 0.626. The molecule has 0 radical (unpaired) electrons. The minimum Gasteiger partial charge on any atom is -0.468 e. The fourth-order valence-corrected chi connectivity index (χ4v) is 1.46. The van der Waals surface area contributed by atoms with Crippen molar-refractivity contribution in [2.24, 2.45) is 0 Å². The van der Waals surface area contributed by atoms with Gasteiger partial charge in [-0.3, -0.25) is 14.2 Å². The number of carbonyl (C=O) groups excluding carboxylic acids is 1. The molecule has 0 spiro atoms. The third kappa shape index (κ3) is 2.55. The van der Waals surface area contributed by atoms with Crippen LogP contribution in [0.4, 0.5) is 0 Å². The van der Waals surface area contributed by atoms with Gasteiger partial charge in [0.15, 0.2) is 0 Å². The molecule has 1 aromatic rings. The maximum absolute atomic E-state index is 11.2. The molecule has 1 aromatic heterocycles. The number of halogens is 1. The van der Waals surface area contributed by atoms with Crippen LogP contribution >= 0.6 is 22.6 Å². The molecule has 5 heteroatoms. The third-order valence-electron chi connectivity index (χ3n) is 1.51. The van der Waals surface area contributed by atoms with Crippen LogP contribution in [0.15, 0.2) is 23.0 Å². The normalized spacial score (nSPS) is 9.69. The summed E-state index contributed by atoms with van der Waals surface area (Å²) >= 11 is 1.99. The predicted molar refractivity (Wildman–Crippen MR) is 55.4 cm³/mol. The van der Waals surface area contributed by atoms with Gasteiger partial charge in [-0.2, -0.15) is 0 Å². The highest BCUT2D eigenvalue weighted by molar-refractivity contribution is 14.1. The average molecular weight is 293 g/mol. The van der Waals surface area contributed by atoms with Crippen LogP contribution in [0.2, 0.25) is 0 Å². The van der Waals surface area contributed by atoms with Crippen molar-refractivity contribution < 1.29 is 9.53 Å². The Morgan fingerprint density at radius 2 is 2.31 bits per heavy atom. The Hall–Kier alpha value is -0.850. The van der Waals surface area contributed by atoms with Crippen LogP contribution in [0.3, 0.4) is 0 Å². The molecule has 13 heavy (non-hydrogen) atoms. The van der Waals surface area contributed by atoms with E-state index in [0.717, 1.165) is 3.70 Å². The van der Waals surface area contributed by atoms with Crippen LogP contribution in [0.5, 0.6) is 0 Å². The molecule has 0 bridgehead atoms. The van der Waals surface area contributed by atoms with Crippen LogP contribution < -0.4 is 5.56 Å². The quantitative estimate of drug-likeness (QED) is 0.456. The topological polar surface area (TPSA) is 48.3 Å². The Morgan fingerprint density at radius 1 is 1.62 bits per heavy atom. The molecule has 0 aliphatic carbocycles. The Morgan fingerprint density at radius 3 is 2.85 bits per heavy atom. The summed E-state index contributed by atoms with van der Waals surface area (Å²) in [5.74, 6) is -0.425. The number of nitrogens with zero attached hydrogens (tertiary/aromatic N) is 1. The van der Waals surface area contributed by atoms with E-state index in [1.54, 1.807) is 12.1 Å². The van der Waals surface area contributed by atoms with Crippen molar-refractivity contribution in [2.75, 3.05) is 7.11 Å². The van der Waals surface area contributed by atoms with Gasteiger partial charge >= 0.3 is 5.97 Å². The van der Waals surface area contributed by atoms with Crippen molar-refractivity contribution in [1.82, 2.24) is 4.57 Å². The highest BCUT2D eigenvalue weighted by Crippen LogP contribution is 2.00. The fraction of sp³-hybridized carbons (Fsp3) is 0.250. The van der Waals surface area contributed by atoms with Crippen LogP contribution in [0.25, 0.3) is 0 Å². The number of aromatic nitrogens is 1. The lowest BCUT2D eigenvalue weighted by atomic mass is 10.4. The third-order valence-corrected chi connectivity index (χ3v) is 2.45. The van der Waals surface area contributed by atoms with E-state index < -0.39 is 5.97 Å². The molecule has 70 valence electrons. The summed E-state index contributed by atoms with van der Waals surface area (Å²) in [4.78, 5) is 22.1. The molecule has 0 atom stereocenters. The van der Waals surface area contributed by atoms with E-state index in [0.29, 0.717) is 0 Å².